The molecule has 0 spiro atoms. The SMILES string of the molecule is CC(C)(C)NCC(O)/C=C/c1ccccc1[N+](=O)[O-]. The van der Waals surface area contributed by atoms with Crippen LogP contribution in [0.15, 0.2) is 30.3 Å². The Morgan fingerprint density at radius 1 is 1.42 bits per heavy atom. The van der Waals surface area contributed by atoms with E-state index < -0.39 is 11.0 Å². The smallest absolute Gasteiger partial charge is 0.276 e. The molecule has 5 nitrogen and oxygen atoms in total. The molecule has 0 bridgehead atoms. The fourth-order valence-electron chi connectivity index (χ4n) is 1.49. The highest BCUT2D eigenvalue weighted by molar-refractivity contribution is 5.60. The Hall–Kier alpha value is -1.72. The van der Waals surface area contributed by atoms with Gasteiger partial charge in [0.1, 0.15) is 0 Å². The predicted molar refractivity (Wildman–Crippen MR) is 75.9 cm³/mol. The normalized spacial score (nSPS) is 13.7. The maximum atomic E-state index is 10.8. The van der Waals surface area contributed by atoms with Crippen LogP contribution in [-0.2, 0) is 0 Å². The van der Waals surface area contributed by atoms with Gasteiger partial charge in [-0.2, -0.15) is 0 Å². The number of nitro groups is 1. The molecule has 0 aliphatic heterocycles. The van der Waals surface area contributed by atoms with E-state index in [2.05, 4.69) is 5.32 Å². The summed E-state index contributed by atoms with van der Waals surface area (Å²) in [7, 11) is 0. The van der Waals surface area contributed by atoms with Gasteiger partial charge in [0.15, 0.2) is 0 Å². The lowest BCUT2D eigenvalue weighted by molar-refractivity contribution is -0.385. The zero-order valence-electron chi connectivity index (χ0n) is 11.5. The zero-order chi connectivity index (χ0) is 14.5. The molecule has 0 saturated heterocycles. The van der Waals surface area contributed by atoms with E-state index in [4.69, 9.17) is 0 Å². The molecular weight excluding hydrogens is 244 g/mol. The number of aliphatic hydroxyl groups excluding tert-OH is 1. The first-order valence-electron chi connectivity index (χ1n) is 6.14. The number of para-hydroxylation sites is 1. The monoisotopic (exact) mass is 264 g/mol. The van der Waals surface area contributed by atoms with Crippen LogP contribution in [0.1, 0.15) is 26.3 Å². The summed E-state index contributed by atoms with van der Waals surface area (Å²) >= 11 is 0. The first-order chi connectivity index (χ1) is 8.79. The van der Waals surface area contributed by atoms with Crippen LogP contribution in [-0.4, -0.2) is 28.2 Å². The number of nitro benzene ring substituents is 1. The lowest BCUT2D eigenvalue weighted by Crippen LogP contribution is -2.40. The van der Waals surface area contributed by atoms with Crippen molar-refractivity contribution in [3.05, 3.63) is 46.0 Å². The van der Waals surface area contributed by atoms with Gasteiger partial charge < -0.3 is 10.4 Å². The molecule has 1 rings (SSSR count). The van der Waals surface area contributed by atoms with Crippen molar-refractivity contribution in [2.75, 3.05) is 6.54 Å². The van der Waals surface area contributed by atoms with E-state index in [1.807, 2.05) is 20.8 Å². The Bertz CT molecular complexity index is 464. The van der Waals surface area contributed by atoms with Crippen molar-refractivity contribution in [3.63, 3.8) is 0 Å². The van der Waals surface area contributed by atoms with E-state index in [1.165, 1.54) is 6.07 Å². The minimum atomic E-state index is -0.681. The van der Waals surface area contributed by atoms with Crippen LogP contribution >= 0.6 is 0 Å². The van der Waals surface area contributed by atoms with Gasteiger partial charge in [-0.1, -0.05) is 18.2 Å². The van der Waals surface area contributed by atoms with Gasteiger partial charge in [-0.25, -0.2) is 0 Å². The van der Waals surface area contributed by atoms with Crippen LogP contribution in [0.25, 0.3) is 6.08 Å². The van der Waals surface area contributed by atoms with E-state index >= 15 is 0 Å². The number of aliphatic hydroxyl groups is 1. The van der Waals surface area contributed by atoms with Gasteiger partial charge in [0, 0.05) is 18.2 Å². The molecule has 0 heterocycles. The maximum absolute atomic E-state index is 10.8. The van der Waals surface area contributed by atoms with Crippen LogP contribution in [0.2, 0.25) is 0 Å². The van der Waals surface area contributed by atoms with Crippen molar-refractivity contribution in [1.82, 2.24) is 5.32 Å². The highest BCUT2D eigenvalue weighted by Crippen LogP contribution is 2.19. The summed E-state index contributed by atoms with van der Waals surface area (Å²) in [4.78, 5) is 10.4. The predicted octanol–water partition coefficient (Wildman–Crippen LogP) is 2.36. The number of β-amino-alcohol motifs (C(OH)–C–C–N with tert-alkyl or cyclic N) is 1. The largest absolute Gasteiger partial charge is 0.388 e. The summed E-state index contributed by atoms with van der Waals surface area (Å²) in [5.41, 5.74) is 0.449. The Morgan fingerprint density at radius 3 is 2.63 bits per heavy atom. The van der Waals surface area contributed by atoms with Crippen molar-refractivity contribution in [2.24, 2.45) is 0 Å². The van der Waals surface area contributed by atoms with Crippen LogP contribution in [0.5, 0.6) is 0 Å². The Morgan fingerprint density at radius 2 is 2.05 bits per heavy atom. The third kappa shape index (κ3) is 5.63. The number of nitrogens with one attached hydrogen (secondary N) is 1. The van der Waals surface area contributed by atoms with Crippen molar-refractivity contribution >= 4 is 11.8 Å². The van der Waals surface area contributed by atoms with Crippen LogP contribution < -0.4 is 5.32 Å². The second kappa shape index (κ2) is 6.45. The van der Waals surface area contributed by atoms with E-state index in [0.717, 1.165) is 0 Å². The van der Waals surface area contributed by atoms with E-state index in [1.54, 1.807) is 30.4 Å². The molecule has 1 aromatic rings. The second-order valence-corrected chi connectivity index (χ2v) is 5.37. The molecule has 0 saturated carbocycles. The first kappa shape index (κ1) is 15.3. The average Bonchev–Trinajstić information content (AvgIpc) is 2.33. The second-order valence-electron chi connectivity index (χ2n) is 5.37. The molecule has 0 aliphatic rings. The molecule has 19 heavy (non-hydrogen) atoms. The van der Waals surface area contributed by atoms with Gasteiger partial charge in [0.2, 0.25) is 0 Å². The van der Waals surface area contributed by atoms with Crippen molar-refractivity contribution < 1.29 is 10.0 Å². The maximum Gasteiger partial charge on any atom is 0.276 e. The van der Waals surface area contributed by atoms with E-state index in [9.17, 15) is 15.2 Å². The molecule has 0 aliphatic carbocycles. The minimum absolute atomic E-state index is 0.0368. The number of rotatable bonds is 5. The molecule has 1 unspecified atom stereocenters. The molecule has 5 heteroatoms. The van der Waals surface area contributed by atoms with E-state index in [-0.39, 0.29) is 11.2 Å². The van der Waals surface area contributed by atoms with Crippen LogP contribution in [0, 0.1) is 10.1 Å². The lowest BCUT2D eigenvalue weighted by atomic mass is 10.1. The zero-order valence-corrected chi connectivity index (χ0v) is 11.5. The molecule has 0 radical (unpaired) electrons. The molecule has 0 fully saturated rings. The molecule has 1 aromatic carbocycles. The summed E-state index contributed by atoms with van der Waals surface area (Å²) in [6.07, 6.45) is 2.45. The van der Waals surface area contributed by atoms with Crippen LogP contribution in [0.4, 0.5) is 5.69 Å². The summed E-state index contributed by atoms with van der Waals surface area (Å²) in [6, 6.07) is 6.44. The number of hydrogen-bond acceptors (Lipinski definition) is 4. The Balaban J connectivity index is 2.69. The van der Waals surface area contributed by atoms with Gasteiger partial charge in [-0.3, -0.25) is 10.1 Å². The van der Waals surface area contributed by atoms with Gasteiger partial charge in [0.25, 0.3) is 5.69 Å². The molecule has 0 amide bonds. The highest BCUT2D eigenvalue weighted by atomic mass is 16.6. The van der Waals surface area contributed by atoms with Gasteiger partial charge in [0.05, 0.1) is 16.6 Å². The fourth-order valence-corrected chi connectivity index (χ4v) is 1.49. The summed E-state index contributed by atoms with van der Waals surface area (Å²) in [5.74, 6) is 0. The summed E-state index contributed by atoms with van der Waals surface area (Å²) in [6.45, 7) is 6.42. The molecule has 1 atom stereocenters. The van der Waals surface area contributed by atoms with Crippen molar-refractivity contribution in [1.29, 1.82) is 0 Å². The minimum Gasteiger partial charge on any atom is -0.388 e. The van der Waals surface area contributed by atoms with Gasteiger partial charge >= 0.3 is 0 Å². The standard InChI is InChI=1S/C14H20N2O3/c1-14(2,3)15-10-12(17)9-8-11-6-4-5-7-13(11)16(18)19/h4-9,12,15,17H,10H2,1-3H3/b9-8+. The third-order valence-corrected chi connectivity index (χ3v) is 2.47. The number of nitrogens with zero attached hydrogens (tertiary/aromatic N) is 1. The quantitative estimate of drug-likeness (QED) is 0.632. The van der Waals surface area contributed by atoms with Gasteiger partial charge in [-0.15, -0.1) is 0 Å². The topological polar surface area (TPSA) is 75.4 Å². The van der Waals surface area contributed by atoms with Gasteiger partial charge in [-0.05, 0) is 32.9 Å². The molecule has 0 aromatic heterocycles. The fraction of sp³-hybridized carbons (Fsp3) is 0.429. The Kier molecular flexibility index (Phi) is 5.20. The average molecular weight is 264 g/mol. The summed E-state index contributed by atoms with van der Waals surface area (Å²) < 4.78 is 0. The van der Waals surface area contributed by atoms with E-state index in [0.29, 0.717) is 12.1 Å². The number of hydrogen-bond donors (Lipinski definition) is 2. The molecule has 2 N–H and O–H groups in total. The summed E-state index contributed by atoms with van der Waals surface area (Å²) in [5, 5.41) is 23.8. The molecule has 104 valence electrons. The number of benzene rings is 1. The Labute approximate surface area is 113 Å². The molecular formula is C14H20N2O3. The third-order valence-electron chi connectivity index (χ3n) is 2.47. The van der Waals surface area contributed by atoms with Crippen LogP contribution in [0.3, 0.4) is 0 Å². The van der Waals surface area contributed by atoms with Crippen molar-refractivity contribution in [2.45, 2.75) is 32.4 Å². The lowest BCUT2D eigenvalue weighted by Gasteiger charge is -2.21. The van der Waals surface area contributed by atoms with Crippen molar-refractivity contribution in [3.8, 4) is 0 Å². The highest BCUT2D eigenvalue weighted by Gasteiger charge is 2.12. The first-order valence-corrected chi connectivity index (χ1v) is 6.14.